The second-order valence-electron chi connectivity index (χ2n) is 7.68. The summed E-state index contributed by atoms with van der Waals surface area (Å²) in [6.45, 7) is 2.99. The van der Waals surface area contributed by atoms with Gasteiger partial charge in [-0.3, -0.25) is 4.79 Å². The number of nitrogens with zero attached hydrogens (tertiary/aromatic N) is 3. The van der Waals surface area contributed by atoms with Crippen LogP contribution in [0, 0.1) is 5.92 Å². The highest BCUT2D eigenvalue weighted by molar-refractivity contribution is 6.32. The van der Waals surface area contributed by atoms with E-state index in [1.807, 2.05) is 24.3 Å². The van der Waals surface area contributed by atoms with Gasteiger partial charge in [-0.15, -0.1) is 12.4 Å². The molecule has 2 fully saturated rings. The molecular formula is C21H27Cl2N5O3. The molecule has 0 amide bonds. The molecule has 2 aliphatic heterocycles. The van der Waals surface area contributed by atoms with E-state index in [4.69, 9.17) is 21.4 Å². The fourth-order valence-corrected chi connectivity index (χ4v) is 3.99. The molecule has 2 aromatic rings. The molecular weight excluding hydrogens is 441 g/mol. The molecule has 8 nitrogen and oxygen atoms in total. The van der Waals surface area contributed by atoms with Crippen LogP contribution in [0.1, 0.15) is 25.7 Å². The summed E-state index contributed by atoms with van der Waals surface area (Å²) in [4.78, 5) is 22.1. The number of aromatic nitrogens is 2. The number of nitrogens with one attached hydrogen (secondary N) is 2. The Hall–Kier alpha value is -2.29. The molecule has 168 valence electrons. The van der Waals surface area contributed by atoms with Crippen molar-refractivity contribution in [3.63, 3.8) is 0 Å². The molecule has 2 aliphatic rings. The van der Waals surface area contributed by atoms with Crippen molar-refractivity contribution in [3.05, 3.63) is 35.5 Å². The topological polar surface area (TPSA) is 99.6 Å². The van der Waals surface area contributed by atoms with Gasteiger partial charge in [0.1, 0.15) is 5.02 Å². The number of ether oxygens (including phenoxy) is 1. The van der Waals surface area contributed by atoms with Crippen LogP contribution in [0.4, 0.5) is 23.1 Å². The molecule has 0 radical (unpaired) electrons. The van der Waals surface area contributed by atoms with Crippen molar-refractivity contribution in [3.8, 4) is 0 Å². The molecule has 0 bridgehead atoms. The number of carbonyl (C=O) groups is 1. The number of halogens is 2. The number of piperidine rings is 1. The van der Waals surface area contributed by atoms with Gasteiger partial charge in [-0.1, -0.05) is 11.6 Å². The third-order valence-corrected chi connectivity index (χ3v) is 5.87. The van der Waals surface area contributed by atoms with Gasteiger partial charge in [-0.2, -0.15) is 4.98 Å². The van der Waals surface area contributed by atoms with Gasteiger partial charge in [0, 0.05) is 37.6 Å². The van der Waals surface area contributed by atoms with E-state index in [9.17, 15) is 4.79 Å². The molecule has 0 spiro atoms. The summed E-state index contributed by atoms with van der Waals surface area (Å²) in [6.07, 6.45) is 5.26. The lowest BCUT2D eigenvalue weighted by atomic mass is 9.97. The monoisotopic (exact) mass is 467 g/mol. The smallest absolute Gasteiger partial charge is 0.306 e. The van der Waals surface area contributed by atoms with Crippen LogP contribution < -0.4 is 15.5 Å². The second-order valence-corrected chi connectivity index (χ2v) is 8.08. The van der Waals surface area contributed by atoms with E-state index in [0.29, 0.717) is 36.2 Å². The second kappa shape index (κ2) is 10.8. The fourth-order valence-electron chi connectivity index (χ4n) is 3.84. The molecule has 31 heavy (non-hydrogen) atoms. The molecule has 10 heteroatoms. The molecule has 2 saturated heterocycles. The summed E-state index contributed by atoms with van der Waals surface area (Å²) in [5.74, 6) is 0.126. The first-order valence-electron chi connectivity index (χ1n) is 10.3. The van der Waals surface area contributed by atoms with Crippen molar-refractivity contribution in [2.75, 3.05) is 41.8 Å². The van der Waals surface area contributed by atoms with Crippen molar-refractivity contribution in [2.45, 2.75) is 31.8 Å². The normalized spacial score (nSPS) is 19.0. The standard InChI is InChI=1S/C21H26ClN5O3.ClH/c22-18-13-24-21(26-19(18)23-12-17-2-1-11-30-17)25-15-3-5-16(6-4-15)27-9-7-14(8-10-27)20(28)29;/h3-6,13-14,17H,1-2,7-12H2,(H,28,29)(H2,23,24,25,26);1H. The maximum absolute atomic E-state index is 11.1. The van der Waals surface area contributed by atoms with Crippen LogP contribution in [-0.2, 0) is 9.53 Å². The fraction of sp³-hybridized carbons (Fsp3) is 0.476. The van der Waals surface area contributed by atoms with Crippen LogP contribution in [-0.4, -0.2) is 53.4 Å². The maximum atomic E-state index is 11.1. The SMILES string of the molecule is Cl.O=C(O)C1CCN(c2ccc(Nc3ncc(Cl)c(NCC4CCCO4)n3)cc2)CC1. The van der Waals surface area contributed by atoms with Crippen molar-refractivity contribution in [2.24, 2.45) is 5.92 Å². The lowest BCUT2D eigenvalue weighted by Gasteiger charge is -2.32. The Morgan fingerprint density at radius 3 is 2.61 bits per heavy atom. The van der Waals surface area contributed by atoms with E-state index in [0.717, 1.165) is 43.9 Å². The van der Waals surface area contributed by atoms with Gasteiger partial charge in [0.25, 0.3) is 0 Å². The zero-order valence-electron chi connectivity index (χ0n) is 17.1. The van der Waals surface area contributed by atoms with Gasteiger partial charge < -0.3 is 25.4 Å². The van der Waals surface area contributed by atoms with Crippen molar-refractivity contribution < 1.29 is 14.6 Å². The van der Waals surface area contributed by atoms with Gasteiger partial charge in [0.15, 0.2) is 5.82 Å². The molecule has 1 aromatic carbocycles. The zero-order valence-corrected chi connectivity index (χ0v) is 18.7. The predicted molar refractivity (Wildman–Crippen MR) is 124 cm³/mol. The number of benzene rings is 1. The summed E-state index contributed by atoms with van der Waals surface area (Å²) >= 11 is 6.22. The Balaban J connectivity index is 0.00000272. The minimum absolute atomic E-state index is 0. The Bertz CT molecular complexity index is 870. The molecule has 1 unspecified atom stereocenters. The molecule has 3 N–H and O–H groups in total. The molecule has 3 heterocycles. The largest absolute Gasteiger partial charge is 0.481 e. The lowest BCUT2D eigenvalue weighted by molar-refractivity contribution is -0.142. The first-order valence-corrected chi connectivity index (χ1v) is 10.7. The third kappa shape index (κ3) is 6.12. The van der Waals surface area contributed by atoms with Crippen LogP contribution in [0.2, 0.25) is 5.02 Å². The van der Waals surface area contributed by atoms with E-state index in [1.165, 1.54) is 0 Å². The highest BCUT2D eigenvalue weighted by atomic mass is 35.5. The molecule has 0 aliphatic carbocycles. The summed E-state index contributed by atoms with van der Waals surface area (Å²) in [7, 11) is 0. The number of carboxylic acid groups (broad SMARTS) is 1. The number of aliphatic carboxylic acids is 1. The Morgan fingerprint density at radius 1 is 1.23 bits per heavy atom. The average Bonchev–Trinajstić information content (AvgIpc) is 3.28. The molecule has 1 aromatic heterocycles. The number of carboxylic acids is 1. The van der Waals surface area contributed by atoms with Crippen molar-refractivity contribution >= 4 is 53.1 Å². The molecule has 4 rings (SSSR count). The van der Waals surface area contributed by atoms with Crippen LogP contribution >= 0.6 is 24.0 Å². The minimum atomic E-state index is -0.693. The van der Waals surface area contributed by atoms with E-state index >= 15 is 0 Å². The summed E-state index contributed by atoms with van der Waals surface area (Å²) < 4.78 is 5.62. The Labute approximate surface area is 192 Å². The van der Waals surface area contributed by atoms with Crippen molar-refractivity contribution in [1.29, 1.82) is 0 Å². The number of anilines is 4. The zero-order chi connectivity index (χ0) is 20.9. The third-order valence-electron chi connectivity index (χ3n) is 5.60. The van der Waals surface area contributed by atoms with Crippen molar-refractivity contribution in [1.82, 2.24) is 9.97 Å². The highest BCUT2D eigenvalue weighted by Gasteiger charge is 2.24. The van der Waals surface area contributed by atoms with Crippen LogP contribution in [0.25, 0.3) is 0 Å². The van der Waals surface area contributed by atoms with E-state index in [1.54, 1.807) is 6.20 Å². The van der Waals surface area contributed by atoms with E-state index in [2.05, 4.69) is 25.5 Å². The lowest BCUT2D eigenvalue weighted by Crippen LogP contribution is -2.36. The van der Waals surface area contributed by atoms with E-state index < -0.39 is 5.97 Å². The van der Waals surface area contributed by atoms with Crippen LogP contribution in [0.15, 0.2) is 30.5 Å². The number of rotatable bonds is 7. The quantitative estimate of drug-likeness (QED) is 0.557. The van der Waals surface area contributed by atoms with Crippen LogP contribution in [0.5, 0.6) is 0 Å². The van der Waals surface area contributed by atoms with Gasteiger partial charge >= 0.3 is 5.97 Å². The van der Waals surface area contributed by atoms with Gasteiger partial charge in [-0.25, -0.2) is 4.98 Å². The molecule has 0 saturated carbocycles. The molecule has 1 atom stereocenters. The van der Waals surface area contributed by atoms with Crippen LogP contribution in [0.3, 0.4) is 0 Å². The van der Waals surface area contributed by atoms with E-state index in [-0.39, 0.29) is 24.4 Å². The van der Waals surface area contributed by atoms with Gasteiger partial charge in [0.2, 0.25) is 5.95 Å². The number of hydrogen-bond acceptors (Lipinski definition) is 7. The summed E-state index contributed by atoms with van der Waals surface area (Å²) in [5.41, 5.74) is 1.95. The number of hydrogen-bond donors (Lipinski definition) is 3. The minimum Gasteiger partial charge on any atom is -0.481 e. The van der Waals surface area contributed by atoms with Gasteiger partial charge in [-0.05, 0) is 49.9 Å². The first kappa shape index (κ1) is 23.4. The highest BCUT2D eigenvalue weighted by Crippen LogP contribution is 2.26. The Kier molecular flexibility index (Phi) is 8.17. The Morgan fingerprint density at radius 2 is 1.97 bits per heavy atom. The maximum Gasteiger partial charge on any atom is 0.306 e. The van der Waals surface area contributed by atoms with Gasteiger partial charge in [0.05, 0.1) is 18.2 Å². The predicted octanol–water partition coefficient (Wildman–Crippen LogP) is 4.19. The summed E-state index contributed by atoms with van der Waals surface area (Å²) in [6, 6.07) is 7.98. The average molecular weight is 468 g/mol. The first-order chi connectivity index (χ1) is 14.6. The summed E-state index contributed by atoms with van der Waals surface area (Å²) in [5, 5.41) is 16.1.